The number of anilines is 1. The molecular weight excluding hydrogens is 393 g/mol. The van der Waals surface area contributed by atoms with Gasteiger partial charge in [-0.25, -0.2) is 19.9 Å². The van der Waals surface area contributed by atoms with Crippen molar-refractivity contribution in [3.8, 4) is 28.5 Å². The molecule has 9 heteroatoms. The molecule has 0 aliphatic carbocycles. The van der Waals surface area contributed by atoms with Gasteiger partial charge >= 0.3 is 6.18 Å². The molecule has 2 N–H and O–H groups in total. The van der Waals surface area contributed by atoms with Gasteiger partial charge in [0.2, 0.25) is 5.95 Å². The van der Waals surface area contributed by atoms with Crippen molar-refractivity contribution < 1.29 is 13.2 Å². The van der Waals surface area contributed by atoms with Gasteiger partial charge in [-0.3, -0.25) is 4.57 Å². The quantitative estimate of drug-likeness (QED) is 0.533. The Balaban J connectivity index is 1.73. The minimum Gasteiger partial charge on any atom is -0.384 e. The van der Waals surface area contributed by atoms with Crippen molar-refractivity contribution in [1.82, 2.24) is 24.5 Å². The van der Waals surface area contributed by atoms with Crippen LogP contribution < -0.4 is 5.73 Å². The number of benzene rings is 1. The third-order valence-electron chi connectivity index (χ3n) is 4.53. The van der Waals surface area contributed by atoms with Crippen LogP contribution in [-0.4, -0.2) is 24.5 Å². The van der Waals surface area contributed by atoms with Crippen LogP contribution in [0.4, 0.5) is 19.0 Å². The maximum absolute atomic E-state index is 12.8. The maximum Gasteiger partial charge on any atom is 0.416 e. The molecular formula is C21H17F3N6. The van der Waals surface area contributed by atoms with Gasteiger partial charge in [0, 0.05) is 29.2 Å². The van der Waals surface area contributed by atoms with E-state index in [0.717, 1.165) is 17.7 Å². The number of nitrogens with two attached hydrogens (primary N) is 1. The fraction of sp³-hybridized carbons (Fsp3) is 0.143. The Bertz CT molecular complexity index is 1200. The Morgan fingerprint density at radius 3 is 2.20 bits per heavy atom. The summed E-state index contributed by atoms with van der Waals surface area (Å²) in [6.07, 6.45) is -0.966. The lowest BCUT2D eigenvalue weighted by atomic mass is 10.1. The molecule has 0 amide bonds. The smallest absolute Gasteiger partial charge is 0.384 e. The summed E-state index contributed by atoms with van der Waals surface area (Å²) in [6, 6.07) is 10.1. The molecule has 0 unspecified atom stereocenters. The first kappa shape index (κ1) is 19.6. The molecule has 6 nitrogen and oxygen atoms in total. The number of nitrogen functional groups attached to an aromatic ring is 1. The first-order valence-electron chi connectivity index (χ1n) is 9.02. The number of imidazole rings is 1. The van der Waals surface area contributed by atoms with E-state index in [0.29, 0.717) is 40.2 Å². The van der Waals surface area contributed by atoms with Crippen LogP contribution in [0, 0.1) is 13.8 Å². The number of pyridine rings is 1. The van der Waals surface area contributed by atoms with E-state index in [9.17, 15) is 13.2 Å². The van der Waals surface area contributed by atoms with E-state index in [2.05, 4.69) is 19.9 Å². The van der Waals surface area contributed by atoms with E-state index >= 15 is 0 Å². The standard InChI is InChI=1S/C21H17F3N6/c1-12-9-17(14-3-6-16(7-4-14)21(22,23)24)29-20(27-12)30-11-18(28-13(30)2)15-5-8-19(25)26-10-15/h3-11H,1-2H3,(H2,25,26). The van der Waals surface area contributed by atoms with Gasteiger partial charge in [0.15, 0.2) is 0 Å². The third-order valence-corrected chi connectivity index (χ3v) is 4.53. The SMILES string of the molecule is Cc1cc(-c2ccc(C(F)(F)F)cc2)nc(-n2cc(-c3ccc(N)nc3)nc2C)n1. The summed E-state index contributed by atoms with van der Waals surface area (Å²) in [7, 11) is 0. The molecule has 1 aromatic carbocycles. The molecule has 0 bridgehead atoms. The zero-order valence-electron chi connectivity index (χ0n) is 16.1. The summed E-state index contributed by atoms with van der Waals surface area (Å²) in [4.78, 5) is 17.6. The maximum atomic E-state index is 12.8. The Kier molecular flexibility index (Phi) is 4.73. The van der Waals surface area contributed by atoms with E-state index in [1.807, 2.05) is 13.0 Å². The second kappa shape index (κ2) is 7.25. The Hall–Kier alpha value is -3.75. The summed E-state index contributed by atoms with van der Waals surface area (Å²) >= 11 is 0. The lowest BCUT2D eigenvalue weighted by Gasteiger charge is -2.10. The highest BCUT2D eigenvalue weighted by atomic mass is 19.4. The van der Waals surface area contributed by atoms with Gasteiger partial charge in [-0.15, -0.1) is 0 Å². The number of rotatable bonds is 3. The van der Waals surface area contributed by atoms with Crippen molar-refractivity contribution in [2.45, 2.75) is 20.0 Å². The predicted octanol–water partition coefficient (Wildman–Crippen LogP) is 4.61. The lowest BCUT2D eigenvalue weighted by molar-refractivity contribution is -0.137. The van der Waals surface area contributed by atoms with E-state index < -0.39 is 11.7 Å². The van der Waals surface area contributed by atoms with Crippen molar-refractivity contribution in [2.75, 3.05) is 5.73 Å². The Labute approximate surface area is 170 Å². The van der Waals surface area contributed by atoms with Gasteiger partial charge in [-0.1, -0.05) is 12.1 Å². The zero-order chi connectivity index (χ0) is 21.5. The highest BCUT2D eigenvalue weighted by Crippen LogP contribution is 2.31. The second-order valence-corrected chi connectivity index (χ2v) is 6.78. The van der Waals surface area contributed by atoms with Crippen LogP contribution in [0.3, 0.4) is 0 Å². The van der Waals surface area contributed by atoms with Gasteiger partial charge in [0.1, 0.15) is 11.6 Å². The number of nitrogens with zero attached hydrogens (tertiary/aromatic N) is 5. The van der Waals surface area contributed by atoms with Crippen LogP contribution >= 0.6 is 0 Å². The van der Waals surface area contributed by atoms with Crippen LogP contribution in [0.1, 0.15) is 17.1 Å². The van der Waals surface area contributed by atoms with Crippen LogP contribution in [0.15, 0.2) is 54.9 Å². The van der Waals surface area contributed by atoms with Crippen molar-refractivity contribution >= 4 is 5.82 Å². The molecule has 4 aromatic rings. The van der Waals surface area contributed by atoms with E-state index in [1.165, 1.54) is 12.1 Å². The Morgan fingerprint density at radius 2 is 1.57 bits per heavy atom. The van der Waals surface area contributed by atoms with E-state index in [1.54, 1.807) is 36.0 Å². The van der Waals surface area contributed by atoms with Crippen molar-refractivity contribution in [3.63, 3.8) is 0 Å². The van der Waals surface area contributed by atoms with E-state index in [-0.39, 0.29) is 0 Å². The largest absolute Gasteiger partial charge is 0.416 e. The number of aromatic nitrogens is 5. The molecule has 0 saturated carbocycles. The van der Waals surface area contributed by atoms with Gasteiger partial charge in [0.25, 0.3) is 0 Å². The second-order valence-electron chi connectivity index (χ2n) is 6.78. The topological polar surface area (TPSA) is 82.5 Å². The highest BCUT2D eigenvalue weighted by Gasteiger charge is 2.30. The van der Waals surface area contributed by atoms with Crippen LogP contribution in [0.2, 0.25) is 0 Å². The van der Waals surface area contributed by atoms with Crippen LogP contribution in [0.25, 0.3) is 28.5 Å². The number of hydrogen-bond acceptors (Lipinski definition) is 5. The summed E-state index contributed by atoms with van der Waals surface area (Å²) in [6.45, 7) is 3.62. The summed E-state index contributed by atoms with van der Waals surface area (Å²) in [5, 5.41) is 0. The molecule has 0 aliphatic heterocycles. The van der Waals surface area contributed by atoms with Crippen molar-refractivity contribution in [2.24, 2.45) is 0 Å². The predicted molar refractivity (Wildman–Crippen MR) is 107 cm³/mol. The monoisotopic (exact) mass is 410 g/mol. The van der Waals surface area contributed by atoms with Gasteiger partial charge in [0.05, 0.1) is 17.0 Å². The summed E-state index contributed by atoms with van der Waals surface area (Å²) < 4.78 is 40.2. The number of alkyl halides is 3. The molecule has 0 aliphatic rings. The average molecular weight is 410 g/mol. The van der Waals surface area contributed by atoms with Crippen molar-refractivity contribution in [1.29, 1.82) is 0 Å². The zero-order valence-corrected chi connectivity index (χ0v) is 16.1. The molecule has 0 saturated heterocycles. The molecule has 0 atom stereocenters. The van der Waals surface area contributed by atoms with Gasteiger partial charge in [-0.05, 0) is 44.2 Å². The summed E-state index contributed by atoms with van der Waals surface area (Å²) in [5.74, 6) is 1.45. The molecule has 152 valence electrons. The third kappa shape index (κ3) is 3.86. The van der Waals surface area contributed by atoms with Crippen LogP contribution in [0.5, 0.6) is 0 Å². The number of aryl methyl sites for hydroxylation is 2. The molecule has 3 heterocycles. The van der Waals surface area contributed by atoms with Gasteiger partial charge < -0.3 is 5.73 Å². The van der Waals surface area contributed by atoms with Crippen LogP contribution in [-0.2, 0) is 6.18 Å². The average Bonchev–Trinajstić information content (AvgIpc) is 3.09. The molecule has 0 spiro atoms. The first-order chi connectivity index (χ1) is 14.2. The highest BCUT2D eigenvalue weighted by molar-refractivity contribution is 5.62. The fourth-order valence-corrected chi connectivity index (χ4v) is 3.01. The molecule has 0 fully saturated rings. The van der Waals surface area contributed by atoms with Gasteiger partial charge in [-0.2, -0.15) is 13.2 Å². The summed E-state index contributed by atoms with van der Waals surface area (Å²) in [5.41, 5.74) is 8.17. The molecule has 0 radical (unpaired) electrons. The molecule has 3 aromatic heterocycles. The Morgan fingerprint density at radius 1 is 0.867 bits per heavy atom. The van der Waals surface area contributed by atoms with Crippen molar-refractivity contribution in [3.05, 3.63) is 71.9 Å². The normalized spacial score (nSPS) is 11.6. The lowest BCUT2D eigenvalue weighted by Crippen LogP contribution is -2.05. The number of halogens is 3. The minimum atomic E-state index is -4.38. The fourth-order valence-electron chi connectivity index (χ4n) is 3.01. The van der Waals surface area contributed by atoms with E-state index in [4.69, 9.17) is 5.73 Å². The number of hydrogen-bond donors (Lipinski definition) is 1. The minimum absolute atomic E-state index is 0.379. The molecule has 4 rings (SSSR count). The first-order valence-corrected chi connectivity index (χ1v) is 9.02. The molecule has 30 heavy (non-hydrogen) atoms.